The van der Waals surface area contributed by atoms with E-state index in [1.54, 1.807) is 18.3 Å². The zero-order valence-electron chi connectivity index (χ0n) is 11.7. The Morgan fingerprint density at radius 3 is 2.62 bits per heavy atom. The third kappa shape index (κ3) is 2.69. The second kappa shape index (κ2) is 5.92. The van der Waals surface area contributed by atoms with Crippen molar-refractivity contribution in [2.45, 2.75) is 24.4 Å². The van der Waals surface area contributed by atoms with Gasteiger partial charge >= 0.3 is 0 Å². The van der Waals surface area contributed by atoms with Gasteiger partial charge in [0.15, 0.2) is 0 Å². The van der Waals surface area contributed by atoms with Crippen LogP contribution in [0.2, 0.25) is 0 Å². The van der Waals surface area contributed by atoms with Gasteiger partial charge in [-0.1, -0.05) is 18.2 Å². The Bertz CT molecular complexity index is 597. The molecule has 1 fully saturated rings. The van der Waals surface area contributed by atoms with Gasteiger partial charge < -0.3 is 9.84 Å². The van der Waals surface area contributed by atoms with Gasteiger partial charge in [-0.25, -0.2) is 4.39 Å². The van der Waals surface area contributed by atoms with Crippen LogP contribution in [-0.4, -0.2) is 23.3 Å². The third-order valence-corrected chi connectivity index (χ3v) is 4.28. The molecule has 0 bridgehead atoms. The molecule has 110 valence electrons. The van der Waals surface area contributed by atoms with Gasteiger partial charge in [-0.3, -0.25) is 4.98 Å². The van der Waals surface area contributed by atoms with E-state index < -0.39 is 11.5 Å². The number of halogens is 1. The van der Waals surface area contributed by atoms with Crippen molar-refractivity contribution in [2.24, 2.45) is 0 Å². The molecule has 21 heavy (non-hydrogen) atoms. The molecule has 4 heteroatoms. The number of aliphatic hydroxyl groups excluding tert-OH is 1. The van der Waals surface area contributed by atoms with Crippen LogP contribution < -0.4 is 0 Å². The second-order valence-corrected chi connectivity index (χ2v) is 5.44. The molecule has 1 N–H and O–H groups in total. The van der Waals surface area contributed by atoms with Crippen LogP contribution in [-0.2, 0) is 10.2 Å². The summed E-state index contributed by atoms with van der Waals surface area (Å²) in [5, 5.41) is 10.9. The molecule has 3 rings (SSSR count). The van der Waals surface area contributed by atoms with Crippen LogP contribution in [0, 0.1) is 5.82 Å². The smallest absolute Gasteiger partial charge is 0.123 e. The van der Waals surface area contributed by atoms with Gasteiger partial charge in [0.1, 0.15) is 11.9 Å². The fraction of sp³-hybridized carbons (Fsp3) is 0.353. The van der Waals surface area contributed by atoms with E-state index in [1.807, 2.05) is 18.2 Å². The molecule has 0 spiro atoms. The summed E-state index contributed by atoms with van der Waals surface area (Å²) in [6, 6.07) is 12.0. The SMILES string of the molecule is O[C@H](c1ccccn1)C1(c2cccc(F)c2)CCOCC1. The minimum atomic E-state index is -0.774. The predicted octanol–water partition coefficient (Wildman–Crippen LogP) is 3.00. The van der Waals surface area contributed by atoms with Gasteiger partial charge in [0.2, 0.25) is 0 Å². The summed E-state index contributed by atoms with van der Waals surface area (Å²) in [5.74, 6) is -0.286. The predicted molar refractivity (Wildman–Crippen MR) is 77.3 cm³/mol. The normalized spacial score (nSPS) is 19.1. The summed E-state index contributed by atoms with van der Waals surface area (Å²) in [5.41, 5.74) is 0.877. The summed E-state index contributed by atoms with van der Waals surface area (Å²) in [6.07, 6.45) is 2.18. The van der Waals surface area contributed by atoms with Crippen molar-refractivity contribution in [3.63, 3.8) is 0 Å². The lowest BCUT2D eigenvalue weighted by molar-refractivity contribution is -0.0188. The maximum atomic E-state index is 13.6. The summed E-state index contributed by atoms with van der Waals surface area (Å²) in [6.45, 7) is 1.11. The first-order chi connectivity index (χ1) is 10.2. The van der Waals surface area contributed by atoms with Crippen LogP contribution in [0.25, 0.3) is 0 Å². The number of benzene rings is 1. The summed E-state index contributed by atoms with van der Waals surface area (Å²) < 4.78 is 19.1. The number of hydrogen-bond donors (Lipinski definition) is 1. The molecule has 1 aromatic carbocycles. The quantitative estimate of drug-likeness (QED) is 0.943. The Labute approximate surface area is 123 Å². The average Bonchev–Trinajstić information content (AvgIpc) is 2.55. The Kier molecular flexibility index (Phi) is 3.99. The van der Waals surface area contributed by atoms with Crippen molar-refractivity contribution >= 4 is 0 Å². The van der Waals surface area contributed by atoms with Crippen molar-refractivity contribution in [3.8, 4) is 0 Å². The van der Waals surface area contributed by atoms with E-state index in [9.17, 15) is 9.50 Å². The van der Waals surface area contributed by atoms with Crippen molar-refractivity contribution in [1.29, 1.82) is 0 Å². The van der Waals surface area contributed by atoms with Gasteiger partial charge in [0.05, 0.1) is 5.69 Å². The van der Waals surface area contributed by atoms with Gasteiger partial charge in [-0.15, -0.1) is 0 Å². The topological polar surface area (TPSA) is 42.4 Å². The van der Waals surface area contributed by atoms with Crippen molar-refractivity contribution < 1.29 is 14.2 Å². The molecule has 1 saturated heterocycles. The van der Waals surface area contributed by atoms with Gasteiger partial charge in [0.25, 0.3) is 0 Å². The molecule has 1 atom stereocenters. The molecule has 1 aromatic heterocycles. The molecule has 0 saturated carbocycles. The number of aliphatic hydroxyl groups is 1. The van der Waals surface area contributed by atoms with Gasteiger partial charge in [-0.2, -0.15) is 0 Å². The van der Waals surface area contributed by atoms with Crippen LogP contribution >= 0.6 is 0 Å². The second-order valence-electron chi connectivity index (χ2n) is 5.44. The molecule has 2 aromatic rings. The van der Waals surface area contributed by atoms with Crippen molar-refractivity contribution in [3.05, 3.63) is 65.7 Å². The molecule has 2 heterocycles. The largest absolute Gasteiger partial charge is 0.386 e. The van der Waals surface area contributed by atoms with E-state index in [-0.39, 0.29) is 5.82 Å². The van der Waals surface area contributed by atoms with E-state index >= 15 is 0 Å². The maximum Gasteiger partial charge on any atom is 0.123 e. The maximum absolute atomic E-state index is 13.6. The molecule has 0 aliphatic carbocycles. The Morgan fingerprint density at radius 2 is 1.95 bits per heavy atom. The number of rotatable bonds is 3. The molecule has 0 radical (unpaired) electrons. The van der Waals surface area contributed by atoms with E-state index in [0.717, 1.165) is 5.56 Å². The highest BCUT2D eigenvalue weighted by Gasteiger charge is 2.42. The Morgan fingerprint density at radius 1 is 1.14 bits per heavy atom. The third-order valence-electron chi connectivity index (χ3n) is 4.28. The molecular formula is C17H18FNO2. The van der Waals surface area contributed by atoms with Crippen molar-refractivity contribution in [2.75, 3.05) is 13.2 Å². The highest BCUT2D eigenvalue weighted by molar-refractivity contribution is 5.31. The van der Waals surface area contributed by atoms with Gasteiger partial charge in [0, 0.05) is 24.8 Å². The standard InChI is InChI=1S/C17H18FNO2/c18-14-5-3-4-13(12-14)17(7-10-21-11-8-17)16(20)15-6-1-2-9-19-15/h1-6,9,12,16,20H,7-8,10-11H2/t16-/m1/s1. The van der Waals surface area contributed by atoms with Crippen LogP contribution in [0.4, 0.5) is 4.39 Å². The number of hydrogen-bond acceptors (Lipinski definition) is 3. The summed E-state index contributed by atoms with van der Waals surface area (Å²) in [7, 11) is 0. The lowest BCUT2D eigenvalue weighted by Gasteiger charge is -2.41. The molecule has 0 amide bonds. The molecule has 1 aliphatic heterocycles. The molecule has 1 aliphatic rings. The Balaban J connectivity index is 2.05. The van der Waals surface area contributed by atoms with Crippen molar-refractivity contribution in [1.82, 2.24) is 4.98 Å². The Hall–Kier alpha value is -1.78. The molecular weight excluding hydrogens is 269 g/mol. The van der Waals surface area contributed by atoms with Crippen LogP contribution in [0.3, 0.4) is 0 Å². The number of aromatic nitrogens is 1. The van der Waals surface area contributed by atoms with E-state index in [1.165, 1.54) is 12.1 Å². The van der Waals surface area contributed by atoms with E-state index in [4.69, 9.17) is 4.74 Å². The fourth-order valence-electron chi connectivity index (χ4n) is 3.07. The van der Waals surface area contributed by atoms with Crippen LogP contribution in [0.15, 0.2) is 48.7 Å². The fourth-order valence-corrected chi connectivity index (χ4v) is 3.07. The summed E-state index contributed by atoms with van der Waals surface area (Å²) >= 11 is 0. The lowest BCUT2D eigenvalue weighted by Crippen LogP contribution is -2.40. The number of nitrogens with zero attached hydrogens (tertiary/aromatic N) is 1. The summed E-state index contributed by atoms with van der Waals surface area (Å²) in [4.78, 5) is 4.26. The number of ether oxygens (including phenoxy) is 1. The zero-order valence-corrected chi connectivity index (χ0v) is 11.7. The highest BCUT2D eigenvalue weighted by atomic mass is 19.1. The highest BCUT2D eigenvalue weighted by Crippen LogP contribution is 2.44. The van der Waals surface area contributed by atoms with Crippen LogP contribution in [0.1, 0.15) is 30.2 Å². The van der Waals surface area contributed by atoms with Gasteiger partial charge in [-0.05, 0) is 42.7 Å². The van der Waals surface area contributed by atoms with E-state index in [2.05, 4.69) is 4.98 Å². The monoisotopic (exact) mass is 287 g/mol. The number of pyridine rings is 1. The zero-order chi connectivity index (χ0) is 14.7. The molecule has 3 nitrogen and oxygen atoms in total. The first-order valence-electron chi connectivity index (χ1n) is 7.15. The minimum absolute atomic E-state index is 0.286. The molecule has 0 unspecified atom stereocenters. The van der Waals surface area contributed by atoms with E-state index in [0.29, 0.717) is 31.7 Å². The first kappa shape index (κ1) is 14.2. The lowest BCUT2D eigenvalue weighted by atomic mass is 9.69. The first-order valence-corrected chi connectivity index (χ1v) is 7.15. The van der Waals surface area contributed by atoms with Crippen LogP contribution in [0.5, 0.6) is 0 Å². The minimum Gasteiger partial charge on any atom is -0.386 e. The average molecular weight is 287 g/mol.